The van der Waals surface area contributed by atoms with Crippen molar-refractivity contribution in [1.82, 2.24) is 19.6 Å². The molecule has 0 N–H and O–H groups in total. The Kier molecular flexibility index (Phi) is 5.41. The number of nitrogens with zero attached hydrogens (tertiary/aromatic N) is 4. The van der Waals surface area contributed by atoms with Gasteiger partial charge in [0.1, 0.15) is 0 Å². The predicted octanol–water partition coefficient (Wildman–Crippen LogP) is 1.38. The molecule has 1 atom stereocenters. The van der Waals surface area contributed by atoms with Gasteiger partial charge in [0.05, 0.1) is 28.9 Å². The second-order valence-electron chi connectivity index (χ2n) is 5.94. The molecule has 0 amide bonds. The lowest BCUT2D eigenvalue weighted by atomic mass is 10.1. The van der Waals surface area contributed by atoms with Crippen LogP contribution in [-0.4, -0.2) is 65.1 Å². The molecule has 2 heterocycles. The summed E-state index contributed by atoms with van der Waals surface area (Å²) in [5.74, 6) is 0.221. The number of halogens is 1. The van der Waals surface area contributed by atoms with Gasteiger partial charge in [0.15, 0.2) is 5.78 Å². The Bertz CT molecular complexity index is 514. The first-order valence-electron chi connectivity index (χ1n) is 7.55. The van der Waals surface area contributed by atoms with E-state index >= 15 is 0 Å². The SMILES string of the molecule is CCc1nn(C)c(CC(=O)C2CN(C)CCCN2C)c1Cl. The van der Waals surface area contributed by atoms with Crippen molar-refractivity contribution in [2.75, 3.05) is 33.7 Å². The fourth-order valence-corrected chi connectivity index (χ4v) is 3.27. The number of aromatic nitrogens is 2. The van der Waals surface area contributed by atoms with Crippen LogP contribution in [0.4, 0.5) is 0 Å². The number of hydrogen-bond donors (Lipinski definition) is 0. The molecule has 2 rings (SSSR count). The average molecular weight is 313 g/mol. The lowest BCUT2D eigenvalue weighted by Crippen LogP contribution is -2.44. The van der Waals surface area contributed by atoms with Crippen LogP contribution >= 0.6 is 11.6 Å². The monoisotopic (exact) mass is 312 g/mol. The van der Waals surface area contributed by atoms with Crippen LogP contribution in [-0.2, 0) is 24.7 Å². The number of rotatable bonds is 4. The van der Waals surface area contributed by atoms with Gasteiger partial charge in [-0.25, -0.2) is 0 Å². The van der Waals surface area contributed by atoms with Crippen molar-refractivity contribution in [1.29, 1.82) is 0 Å². The van der Waals surface area contributed by atoms with E-state index in [1.54, 1.807) is 4.68 Å². The summed E-state index contributed by atoms with van der Waals surface area (Å²) in [5, 5.41) is 5.04. The van der Waals surface area contributed by atoms with E-state index in [1.807, 2.05) is 21.0 Å². The van der Waals surface area contributed by atoms with Crippen molar-refractivity contribution in [2.24, 2.45) is 7.05 Å². The molecule has 1 saturated heterocycles. The first-order chi connectivity index (χ1) is 9.93. The summed E-state index contributed by atoms with van der Waals surface area (Å²) in [6, 6.07) is -0.0615. The number of hydrogen-bond acceptors (Lipinski definition) is 4. The number of aryl methyl sites for hydroxylation is 2. The molecule has 0 aliphatic carbocycles. The number of Topliss-reactive ketones (excluding diaryl/α,β-unsaturated/α-hetero) is 1. The highest BCUT2D eigenvalue weighted by molar-refractivity contribution is 6.32. The van der Waals surface area contributed by atoms with Crippen LogP contribution in [0.3, 0.4) is 0 Å². The van der Waals surface area contributed by atoms with E-state index < -0.39 is 0 Å². The molecule has 0 radical (unpaired) electrons. The zero-order valence-electron chi connectivity index (χ0n) is 13.4. The zero-order valence-corrected chi connectivity index (χ0v) is 14.2. The highest BCUT2D eigenvalue weighted by Crippen LogP contribution is 2.22. The van der Waals surface area contributed by atoms with Crippen molar-refractivity contribution in [3.05, 3.63) is 16.4 Å². The minimum atomic E-state index is -0.0615. The normalized spacial score (nSPS) is 21.5. The number of ketones is 1. The molecule has 1 fully saturated rings. The highest BCUT2D eigenvalue weighted by atomic mass is 35.5. The van der Waals surface area contributed by atoms with Gasteiger partial charge in [-0.3, -0.25) is 14.4 Å². The molecular weight excluding hydrogens is 288 g/mol. The Hall–Kier alpha value is -0.910. The zero-order chi connectivity index (χ0) is 15.6. The highest BCUT2D eigenvalue weighted by Gasteiger charge is 2.28. The Morgan fingerprint density at radius 3 is 2.67 bits per heavy atom. The van der Waals surface area contributed by atoms with Crippen molar-refractivity contribution in [3.63, 3.8) is 0 Å². The Morgan fingerprint density at radius 2 is 2.05 bits per heavy atom. The van der Waals surface area contributed by atoms with Gasteiger partial charge in [0, 0.05) is 13.6 Å². The third-order valence-corrected chi connectivity index (χ3v) is 4.72. The number of carbonyl (C=O) groups is 1. The molecule has 1 aliphatic heterocycles. The van der Waals surface area contributed by atoms with Crippen LogP contribution in [0.25, 0.3) is 0 Å². The molecule has 0 spiro atoms. The van der Waals surface area contributed by atoms with Crippen LogP contribution in [0, 0.1) is 0 Å². The Labute approximate surface area is 131 Å². The second kappa shape index (κ2) is 6.90. The molecule has 21 heavy (non-hydrogen) atoms. The summed E-state index contributed by atoms with van der Waals surface area (Å²) < 4.78 is 1.75. The minimum Gasteiger partial charge on any atom is -0.304 e. The Balaban J connectivity index is 2.15. The summed E-state index contributed by atoms with van der Waals surface area (Å²) in [5.41, 5.74) is 1.70. The van der Waals surface area contributed by atoms with Gasteiger partial charge in [0.2, 0.25) is 0 Å². The Morgan fingerprint density at radius 1 is 1.33 bits per heavy atom. The first-order valence-corrected chi connectivity index (χ1v) is 7.93. The quantitative estimate of drug-likeness (QED) is 0.842. The van der Waals surface area contributed by atoms with Crippen LogP contribution < -0.4 is 0 Å². The van der Waals surface area contributed by atoms with Crippen LogP contribution in [0.2, 0.25) is 5.02 Å². The van der Waals surface area contributed by atoms with E-state index in [4.69, 9.17) is 11.6 Å². The first kappa shape index (κ1) is 16.5. The number of likely N-dealkylation sites (N-methyl/N-ethyl adjacent to an activating group) is 2. The molecule has 1 aliphatic rings. The maximum atomic E-state index is 12.7. The third kappa shape index (κ3) is 3.65. The van der Waals surface area contributed by atoms with Gasteiger partial charge >= 0.3 is 0 Å². The summed E-state index contributed by atoms with van der Waals surface area (Å²) in [6.45, 7) is 4.81. The molecule has 118 valence electrons. The average Bonchev–Trinajstić information content (AvgIpc) is 2.60. The lowest BCUT2D eigenvalue weighted by Gasteiger charge is -2.26. The van der Waals surface area contributed by atoms with Gasteiger partial charge in [-0.1, -0.05) is 18.5 Å². The van der Waals surface area contributed by atoms with Gasteiger partial charge in [-0.2, -0.15) is 5.10 Å². The second-order valence-corrected chi connectivity index (χ2v) is 6.32. The fraction of sp³-hybridized carbons (Fsp3) is 0.733. The van der Waals surface area contributed by atoms with Gasteiger partial charge in [0.25, 0.3) is 0 Å². The van der Waals surface area contributed by atoms with Crippen LogP contribution in [0.1, 0.15) is 24.7 Å². The molecule has 5 nitrogen and oxygen atoms in total. The van der Waals surface area contributed by atoms with E-state index in [2.05, 4.69) is 21.9 Å². The molecule has 0 aromatic carbocycles. The van der Waals surface area contributed by atoms with E-state index in [9.17, 15) is 4.79 Å². The van der Waals surface area contributed by atoms with Gasteiger partial charge < -0.3 is 4.90 Å². The van der Waals surface area contributed by atoms with E-state index in [-0.39, 0.29) is 11.8 Å². The topological polar surface area (TPSA) is 41.4 Å². The van der Waals surface area contributed by atoms with Crippen molar-refractivity contribution < 1.29 is 4.79 Å². The van der Waals surface area contributed by atoms with Gasteiger partial charge in [-0.15, -0.1) is 0 Å². The maximum Gasteiger partial charge on any atom is 0.157 e. The number of carbonyl (C=O) groups excluding carboxylic acids is 1. The fourth-order valence-electron chi connectivity index (χ4n) is 2.91. The molecule has 0 saturated carbocycles. The lowest BCUT2D eigenvalue weighted by molar-refractivity contribution is -0.123. The standard InChI is InChI=1S/C15H25ClN4O/c1-5-11-15(16)12(20(4)17-11)9-14(21)13-10-18(2)7-6-8-19(13)3/h13H,5-10H2,1-4H3. The molecule has 1 unspecified atom stereocenters. The molecule has 1 aromatic rings. The van der Waals surface area contributed by atoms with Gasteiger partial charge in [-0.05, 0) is 40.0 Å². The summed E-state index contributed by atoms with van der Waals surface area (Å²) in [4.78, 5) is 17.1. The summed E-state index contributed by atoms with van der Waals surface area (Å²) in [7, 11) is 5.96. The maximum absolute atomic E-state index is 12.7. The summed E-state index contributed by atoms with van der Waals surface area (Å²) >= 11 is 6.35. The largest absolute Gasteiger partial charge is 0.304 e. The van der Waals surface area contributed by atoms with Crippen molar-refractivity contribution in [2.45, 2.75) is 32.2 Å². The van der Waals surface area contributed by atoms with E-state index in [0.717, 1.165) is 43.9 Å². The minimum absolute atomic E-state index is 0.0615. The third-order valence-electron chi connectivity index (χ3n) is 4.28. The van der Waals surface area contributed by atoms with E-state index in [0.29, 0.717) is 11.4 Å². The van der Waals surface area contributed by atoms with Crippen LogP contribution in [0.5, 0.6) is 0 Å². The molecule has 0 bridgehead atoms. The van der Waals surface area contributed by atoms with Crippen molar-refractivity contribution in [3.8, 4) is 0 Å². The smallest absolute Gasteiger partial charge is 0.157 e. The molecular formula is C15H25ClN4O. The molecule has 6 heteroatoms. The predicted molar refractivity (Wildman–Crippen MR) is 84.8 cm³/mol. The molecule has 1 aromatic heterocycles. The summed E-state index contributed by atoms with van der Waals surface area (Å²) in [6.07, 6.45) is 2.24. The van der Waals surface area contributed by atoms with E-state index in [1.165, 1.54) is 0 Å². The van der Waals surface area contributed by atoms with Crippen molar-refractivity contribution >= 4 is 17.4 Å². The van der Waals surface area contributed by atoms with Crippen LogP contribution in [0.15, 0.2) is 0 Å².